The van der Waals surface area contributed by atoms with Crippen LogP contribution in [0.15, 0.2) is 42.5 Å². The lowest BCUT2D eigenvalue weighted by atomic mass is 9.62. The van der Waals surface area contributed by atoms with E-state index >= 15 is 0 Å². The van der Waals surface area contributed by atoms with Gasteiger partial charge in [0.1, 0.15) is 0 Å². The molecule has 26 heavy (non-hydrogen) atoms. The van der Waals surface area contributed by atoms with Gasteiger partial charge in [-0.1, -0.05) is 61.7 Å². The number of fused-ring (bicyclic) bond motifs is 6. The lowest BCUT2D eigenvalue weighted by Crippen LogP contribution is -2.35. The van der Waals surface area contributed by atoms with Gasteiger partial charge in [-0.3, -0.25) is 0 Å². The summed E-state index contributed by atoms with van der Waals surface area (Å²) in [6.45, 7) is 0. The lowest BCUT2D eigenvalue weighted by Gasteiger charge is -2.41. The molecule has 6 rings (SSSR count). The Balaban J connectivity index is 1.51. The molecule has 0 N–H and O–H groups in total. The summed E-state index contributed by atoms with van der Waals surface area (Å²) in [5, 5.41) is 3.09. The highest BCUT2D eigenvalue weighted by Gasteiger charge is 2.50. The zero-order valence-electron chi connectivity index (χ0n) is 15.8. The molecule has 2 aromatic rings. The third kappa shape index (κ3) is 2.14. The first-order valence-corrected chi connectivity index (χ1v) is 11.1. The highest BCUT2D eigenvalue weighted by atomic mass is 14.5. The first-order valence-electron chi connectivity index (χ1n) is 11.1. The van der Waals surface area contributed by atoms with Crippen molar-refractivity contribution in [1.82, 2.24) is 0 Å². The second-order valence-electron chi connectivity index (χ2n) is 9.61. The average Bonchev–Trinajstić information content (AvgIpc) is 3.29. The molecule has 1 spiro atoms. The second kappa shape index (κ2) is 5.72. The predicted molar refractivity (Wildman–Crippen MR) is 110 cm³/mol. The first kappa shape index (κ1) is 15.5. The van der Waals surface area contributed by atoms with Crippen LogP contribution in [0.25, 0.3) is 10.8 Å². The van der Waals surface area contributed by atoms with Crippen molar-refractivity contribution in [2.24, 2.45) is 11.8 Å². The number of hydrogen-bond donors (Lipinski definition) is 0. The minimum absolute atomic E-state index is 0.474. The van der Waals surface area contributed by atoms with Gasteiger partial charge < -0.3 is 0 Å². The van der Waals surface area contributed by atoms with Crippen LogP contribution in [0.2, 0.25) is 0 Å². The van der Waals surface area contributed by atoms with Crippen LogP contribution in [-0.2, 0) is 11.8 Å². The van der Waals surface area contributed by atoms with Gasteiger partial charge in [-0.15, -0.1) is 0 Å². The van der Waals surface area contributed by atoms with Crippen LogP contribution in [0.3, 0.4) is 0 Å². The van der Waals surface area contributed by atoms with Crippen LogP contribution < -0.4 is 0 Å². The van der Waals surface area contributed by atoms with Crippen LogP contribution in [-0.4, -0.2) is 0 Å². The minimum Gasteiger partial charge on any atom is -0.0851 e. The number of allylic oxidation sites excluding steroid dienone is 2. The Labute approximate surface area is 157 Å². The Kier molecular flexibility index (Phi) is 3.41. The molecular weight excluding hydrogens is 312 g/mol. The smallest absolute Gasteiger partial charge is 0.00246 e. The van der Waals surface area contributed by atoms with E-state index in [-0.39, 0.29) is 0 Å². The van der Waals surface area contributed by atoms with Gasteiger partial charge >= 0.3 is 0 Å². The molecule has 0 radical (unpaired) electrons. The molecule has 0 aromatic heterocycles. The van der Waals surface area contributed by atoms with E-state index in [1.54, 1.807) is 22.1 Å². The van der Waals surface area contributed by atoms with E-state index in [0.29, 0.717) is 5.41 Å². The maximum Gasteiger partial charge on any atom is 0.00246 e. The number of aryl methyl sites for hydroxylation is 1. The van der Waals surface area contributed by atoms with E-state index in [1.807, 2.05) is 0 Å². The Bertz CT molecular complexity index is 882. The lowest BCUT2D eigenvalue weighted by molar-refractivity contribution is 0.304. The maximum absolute atomic E-state index is 2.63. The Morgan fingerprint density at radius 2 is 1.85 bits per heavy atom. The van der Waals surface area contributed by atoms with Crippen LogP contribution in [0.5, 0.6) is 0 Å². The quantitative estimate of drug-likeness (QED) is 0.487. The molecule has 4 aliphatic rings. The fourth-order valence-electron chi connectivity index (χ4n) is 7.12. The second-order valence-corrected chi connectivity index (χ2v) is 9.61. The fraction of sp³-hybridized carbons (Fsp3) is 0.538. The van der Waals surface area contributed by atoms with Crippen molar-refractivity contribution < 1.29 is 0 Å². The third-order valence-electron chi connectivity index (χ3n) is 8.30. The van der Waals surface area contributed by atoms with E-state index in [9.17, 15) is 0 Å². The summed E-state index contributed by atoms with van der Waals surface area (Å²) in [4.78, 5) is 0. The SMILES string of the molecule is C1=CC2CC1CC21CCCc2cc3c(C4CCCCC4)cccc3cc21. The van der Waals surface area contributed by atoms with Gasteiger partial charge in [0.2, 0.25) is 0 Å². The molecule has 2 fully saturated rings. The van der Waals surface area contributed by atoms with E-state index in [1.165, 1.54) is 69.6 Å². The van der Waals surface area contributed by atoms with Crippen molar-refractivity contribution in [2.75, 3.05) is 0 Å². The highest BCUT2D eigenvalue weighted by Crippen LogP contribution is 2.58. The van der Waals surface area contributed by atoms with Crippen LogP contribution >= 0.6 is 0 Å². The zero-order chi connectivity index (χ0) is 17.1. The largest absolute Gasteiger partial charge is 0.0851 e. The molecular formula is C26H30. The Morgan fingerprint density at radius 1 is 0.923 bits per heavy atom. The summed E-state index contributed by atoms with van der Waals surface area (Å²) < 4.78 is 0. The molecule has 2 bridgehead atoms. The van der Waals surface area contributed by atoms with Crippen molar-refractivity contribution in [2.45, 2.75) is 75.5 Å². The number of hydrogen-bond acceptors (Lipinski definition) is 0. The molecule has 0 amide bonds. The van der Waals surface area contributed by atoms with Gasteiger partial charge in [-0.05, 0) is 90.2 Å². The Hall–Kier alpha value is -1.56. The molecule has 0 nitrogen and oxygen atoms in total. The molecule has 0 aliphatic heterocycles. The fourth-order valence-corrected chi connectivity index (χ4v) is 7.12. The van der Waals surface area contributed by atoms with Crippen molar-refractivity contribution in [3.05, 3.63) is 59.2 Å². The summed E-state index contributed by atoms with van der Waals surface area (Å²) in [5.41, 5.74) is 5.54. The van der Waals surface area contributed by atoms with Crippen molar-refractivity contribution in [1.29, 1.82) is 0 Å². The first-order chi connectivity index (χ1) is 12.8. The van der Waals surface area contributed by atoms with Crippen molar-refractivity contribution in [3.8, 4) is 0 Å². The Morgan fingerprint density at radius 3 is 2.65 bits per heavy atom. The monoisotopic (exact) mass is 342 g/mol. The topological polar surface area (TPSA) is 0 Å². The van der Waals surface area contributed by atoms with Gasteiger partial charge in [0, 0.05) is 5.41 Å². The molecule has 0 heterocycles. The van der Waals surface area contributed by atoms with E-state index < -0.39 is 0 Å². The summed E-state index contributed by atoms with van der Waals surface area (Å²) in [7, 11) is 0. The van der Waals surface area contributed by atoms with Crippen LogP contribution in [0, 0.1) is 11.8 Å². The highest BCUT2D eigenvalue weighted by molar-refractivity contribution is 5.88. The minimum atomic E-state index is 0.474. The van der Waals surface area contributed by atoms with E-state index in [4.69, 9.17) is 0 Å². The molecule has 0 saturated heterocycles. The molecule has 2 aromatic carbocycles. The molecule has 3 unspecified atom stereocenters. The predicted octanol–water partition coefficient (Wildman–Crippen LogP) is 7.06. The van der Waals surface area contributed by atoms with Crippen molar-refractivity contribution in [3.63, 3.8) is 0 Å². The van der Waals surface area contributed by atoms with Crippen LogP contribution in [0.4, 0.5) is 0 Å². The standard InChI is InChI=1S/C26H30/c1-2-6-19(7-3-1)23-10-4-8-20-16-25-21(15-24(20)23)9-5-13-26(25)17-18-11-12-22(26)14-18/h4,8,10-12,15-16,18-19,22H,1-3,5-7,9,13-14,17H2. The van der Waals surface area contributed by atoms with Gasteiger partial charge in [-0.25, -0.2) is 0 Å². The molecule has 134 valence electrons. The van der Waals surface area contributed by atoms with E-state index in [2.05, 4.69) is 42.5 Å². The van der Waals surface area contributed by atoms with Gasteiger partial charge in [0.25, 0.3) is 0 Å². The molecule has 0 heteroatoms. The van der Waals surface area contributed by atoms with E-state index in [0.717, 1.165) is 17.8 Å². The summed E-state index contributed by atoms with van der Waals surface area (Å²) in [5.74, 6) is 2.47. The molecule has 3 atom stereocenters. The zero-order valence-corrected chi connectivity index (χ0v) is 15.8. The van der Waals surface area contributed by atoms with Gasteiger partial charge in [0.15, 0.2) is 0 Å². The maximum atomic E-state index is 2.63. The van der Waals surface area contributed by atoms with Crippen LogP contribution in [0.1, 0.15) is 80.4 Å². The average molecular weight is 343 g/mol. The summed E-state index contributed by atoms with van der Waals surface area (Å²) in [6.07, 6.45) is 19.1. The third-order valence-corrected chi connectivity index (χ3v) is 8.30. The van der Waals surface area contributed by atoms with Crippen molar-refractivity contribution >= 4 is 10.8 Å². The van der Waals surface area contributed by atoms with Gasteiger partial charge in [-0.2, -0.15) is 0 Å². The number of rotatable bonds is 1. The van der Waals surface area contributed by atoms with Gasteiger partial charge in [0.05, 0.1) is 0 Å². The molecule has 4 aliphatic carbocycles. The summed E-state index contributed by atoms with van der Waals surface area (Å²) in [6, 6.07) is 12.4. The molecule has 2 saturated carbocycles. The summed E-state index contributed by atoms with van der Waals surface area (Å²) >= 11 is 0. The number of benzene rings is 2. The normalized spacial score (nSPS) is 33.2.